The SMILES string of the molecule is [2H]c1ccc(C(C)N(CCN2CCOCC2)CC(N)=O)c([2H])c1. The van der Waals surface area contributed by atoms with Gasteiger partial charge in [-0.3, -0.25) is 14.6 Å². The average molecular weight is 293 g/mol. The predicted molar refractivity (Wildman–Crippen MR) is 82.9 cm³/mol. The third-order valence-corrected chi connectivity index (χ3v) is 3.85. The van der Waals surface area contributed by atoms with Crippen molar-refractivity contribution in [2.75, 3.05) is 45.9 Å². The van der Waals surface area contributed by atoms with E-state index in [1.807, 2.05) is 11.8 Å². The van der Waals surface area contributed by atoms with Crippen LogP contribution in [0.5, 0.6) is 0 Å². The van der Waals surface area contributed by atoms with Crippen molar-refractivity contribution in [3.8, 4) is 0 Å². The smallest absolute Gasteiger partial charge is 0.231 e. The molecule has 1 atom stereocenters. The molecule has 1 unspecified atom stereocenters. The molecule has 0 spiro atoms. The first-order valence-corrected chi connectivity index (χ1v) is 7.37. The Hall–Kier alpha value is -1.43. The number of carbonyl (C=O) groups is 1. The maximum absolute atomic E-state index is 11.4. The molecular formula is C16H25N3O2. The molecule has 1 aromatic carbocycles. The van der Waals surface area contributed by atoms with Crippen LogP contribution in [0.25, 0.3) is 0 Å². The lowest BCUT2D eigenvalue weighted by Crippen LogP contribution is -2.44. The summed E-state index contributed by atoms with van der Waals surface area (Å²) in [6.45, 7) is 6.95. The van der Waals surface area contributed by atoms with Crippen LogP contribution in [0.4, 0.5) is 0 Å². The molecule has 1 aliphatic heterocycles. The van der Waals surface area contributed by atoms with Crippen LogP contribution in [-0.2, 0) is 9.53 Å². The zero-order chi connectivity index (χ0) is 16.8. The largest absolute Gasteiger partial charge is 0.379 e. The molecule has 1 heterocycles. The van der Waals surface area contributed by atoms with E-state index in [9.17, 15) is 4.79 Å². The second-order valence-electron chi connectivity index (χ2n) is 5.31. The van der Waals surface area contributed by atoms with E-state index in [-0.39, 0.29) is 18.5 Å². The number of ether oxygens (including phenoxy) is 1. The lowest BCUT2D eigenvalue weighted by Gasteiger charge is -2.32. The number of hydrogen-bond acceptors (Lipinski definition) is 4. The van der Waals surface area contributed by atoms with Gasteiger partial charge in [0.2, 0.25) is 5.91 Å². The normalized spacial score (nSPS) is 19.1. The highest BCUT2D eigenvalue weighted by Gasteiger charge is 2.19. The summed E-state index contributed by atoms with van der Waals surface area (Å²) in [7, 11) is 0. The molecule has 1 saturated heterocycles. The quantitative estimate of drug-likeness (QED) is 0.810. The van der Waals surface area contributed by atoms with Crippen LogP contribution in [-0.4, -0.2) is 61.6 Å². The molecular weight excluding hydrogens is 266 g/mol. The molecule has 2 N–H and O–H groups in total. The van der Waals surface area contributed by atoms with Crippen molar-refractivity contribution in [1.29, 1.82) is 0 Å². The van der Waals surface area contributed by atoms with Crippen LogP contribution < -0.4 is 5.73 Å². The number of amides is 1. The van der Waals surface area contributed by atoms with Crippen molar-refractivity contribution in [3.63, 3.8) is 0 Å². The average Bonchev–Trinajstić information content (AvgIpc) is 2.51. The molecule has 1 aliphatic rings. The van der Waals surface area contributed by atoms with Crippen molar-refractivity contribution in [1.82, 2.24) is 9.80 Å². The minimum Gasteiger partial charge on any atom is -0.379 e. The van der Waals surface area contributed by atoms with Gasteiger partial charge in [-0.15, -0.1) is 0 Å². The van der Waals surface area contributed by atoms with E-state index in [0.29, 0.717) is 18.6 Å². The van der Waals surface area contributed by atoms with Crippen LogP contribution in [0.15, 0.2) is 30.3 Å². The molecule has 1 aromatic rings. The van der Waals surface area contributed by atoms with Gasteiger partial charge in [-0.05, 0) is 12.5 Å². The number of hydrogen-bond donors (Lipinski definition) is 1. The highest BCUT2D eigenvalue weighted by Crippen LogP contribution is 2.19. The van der Waals surface area contributed by atoms with E-state index in [1.165, 1.54) is 6.07 Å². The van der Waals surface area contributed by atoms with E-state index in [2.05, 4.69) is 4.90 Å². The number of primary amides is 1. The van der Waals surface area contributed by atoms with Gasteiger partial charge in [0.1, 0.15) is 0 Å². The molecule has 2 rings (SSSR count). The van der Waals surface area contributed by atoms with Crippen molar-refractivity contribution in [2.45, 2.75) is 13.0 Å². The maximum atomic E-state index is 11.4. The minimum absolute atomic E-state index is 0.100. The van der Waals surface area contributed by atoms with Gasteiger partial charge in [-0.25, -0.2) is 0 Å². The van der Waals surface area contributed by atoms with Gasteiger partial charge in [-0.2, -0.15) is 0 Å². The van der Waals surface area contributed by atoms with Gasteiger partial charge in [0.15, 0.2) is 0 Å². The van der Waals surface area contributed by atoms with E-state index in [1.54, 1.807) is 12.1 Å². The Morgan fingerprint density at radius 2 is 2.29 bits per heavy atom. The van der Waals surface area contributed by atoms with E-state index < -0.39 is 0 Å². The summed E-state index contributed by atoms with van der Waals surface area (Å²) in [5.74, 6) is -0.373. The molecule has 1 amide bonds. The number of carbonyl (C=O) groups excluding carboxylic acids is 1. The monoisotopic (exact) mass is 293 g/mol. The summed E-state index contributed by atoms with van der Waals surface area (Å²) >= 11 is 0. The van der Waals surface area contributed by atoms with Gasteiger partial charge < -0.3 is 10.5 Å². The Labute approximate surface area is 129 Å². The summed E-state index contributed by atoms with van der Waals surface area (Å²) in [5, 5.41) is 0. The second kappa shape index (κ2) is 8.12. The fourth-order valence-corrected chi connectivity index (χ4v) is 2.52. The maximum Gasteiger partial charge on any atom is 0.231 e. The molecule has 0 aromatic heterocycles. The zero-order valence-corrected chi connectivity index (χ0v) is 12.5. The summed E-state index contributed by atoms with van der Waals surface area (Å²) < 4.78 is 21.0. The number of nitrogens with zero attached hydrogens (tertiary/aromatic N) is 2. The standard InChI is InChI=1S/C16H25N3O2/c1-14(15-5-3-2-4-6-15)19(13-16(17)20)8-7-18-9-11-21-12-10-18/h2-6,14H,7-13H2,1H3,(H2,17,20)/i2D,5D. The van der Waals surface area contributed by atoms with Gasteiger partial charge in [0.05, 0.1) is 22.5 Å². The molecule has 0 radical (unpaired) electrons. The first-order valence-electron chi connectivity index (χ1n) is 8.37. The Morgan fingerprint density at radius 1 is 1.52 bits per heavy atom. The number of rotatable bonds is 7. The fourth-order valence-electron chi connectivity index (χ4n) is 2.52. The van der Waals surface area contributed by atoms with Crippen LogP contribution in [0, 0.1) is 0 Å². The Kier molecular flexibility index (Phi) is 5.12. The molecule has 1 fully saturated rings. The molecule has 5 heteroatoms. The van der Waals surface area contributed by atoms with Gasteiger partial charge in [-0.1, -0.05) is 30.3 Å². The minimum atomic E-state index is -0.373. The number of benzene rings is 1. The Bertz CT molecular complexity index is 536. The molecule has 0 aliphatic carbocycles. The second-order valence-corrected chi connectivity index (χ2v) is 5.31. The topological polar surface area (TPSA) is 58.8 Å². The van der Waals surface area contributed by atoms with Crippen LogP contribution >= 0.6 is 0 Å². The van der Waals surface area contributed by atoms with Crippen LogP contribution in [0.3, 0.4) is 0 Å². The first-order chi connectivity index (χ1) is 11.0. The predicted octanol–water partition coefficient (Wildman–Crippen LogP) is 0.867. The highest BCUT2D eigenvalue weighted by molar-refractivity contribution is 5.76. The van der Waals surface area contributed by atoms with Crippen molar-refractivity contribution in [2.24, 2.45) is 5.73 Å². The Morgan fingerprint density at radius 3 is 2.95 bits per heavy atom. The summed E-state index contributed by atoms with van der Waals surface area (Å²) in [4.78, 5) is 15.7. The van der Waals surface area contributed by atoms with Gasteiger partial charge in [0, 0.05) is 32.2 Å². The van der Waals surface area contributed by atoms with Gasteiger partial charge >= 0.3 is 0 Å². The number of nitrogens with two attached hydrogens (primary N) is 1. The fraction of sp³-hybridized carbons (Fsp3) is 0.562. The molecule has 116 valence electrons. The van der Waals surface area contributed by atoms with Crippen LogP contribution in [0.2, 0.25) is 0 Å². The Balaban J connectivity index is 2.04. The lowest BCUT2D eigenvalue weighted by molar-refractivity contribution is -0.119. The molecule has 5 nitrogen and oxygen atoms in total. The van der Waals surface area contributed by atoms with Crippen molar-refractivity contribution in [3.05, 3.63) is 35.8 Å². The zero-order valence-electron chi connectivity index (χ0n) is 14.5. The first kappa shape index (κ1) is 13.2. The molecule has 21 heavy (non-hydrogen) atoms. The summed E-state index contributed by atoms with van der Waals surface area (Å²) in [6, 6.07) is 5.53. The van der Waals surface area contributed by atoms with Crippen LogP contribution in [0.1, 0.15) is 21.3 Å². The third-order valence-electron chi connectivity index (χ3n) is 3.85. The van der Waals surface area contributed by atoms with Crippen molar-refractivity contribution >= 4 is 5.91 Å². The highest BCUT2D eigenvalue weighted by atomic mass is 16.5. The summed E-state index contributed by atoms with van der Waals surface area (Å²) in [6.07, 6.45) is 0. The van der Waals surface area contributed by atoms with E-state index in [0.717, 1.165) is 38.4 Å². The lowest BCUT2D eigenvalue weighted by atomic mass is 10.1. The van der Waals surface area contributed by atoms with Crippen molar-refractivity contribution < 1.29 is 12.3 Å². The van der Waals surface area contributed by atoms with E-state index >= 15 is 0 Å². The van der Waals surface area contributed by atoms with Gasteiger partial charge in [0.25, 0.3) is 0 Å². The molecule has 0 saturated carbocycles. The van der Waals surface area contributed by atoms with E-state index in [4.69, 9.17) is 13.2 Å². The number of morpholine rings is 1. The molecule has 0 bridgehead atoms. The third kappa shape index (κ3) is 5.12. The summed E-state index contributed by atoms with van der Waals surface area (Å²) in [5.41, 5.74) is 6.20.